The smallest absolute Gasteiger partial charge is 0.233 e. The molecular formula is C21H28N2O5. The normalized spacial score (nSPS) is 21.4. The molecule has 3 amide bonds. The number of anilines is 1. The number of imide groups is 1. The lowest BCUT2D eigenvalue weighted by atomic mass is 9.81. The molecule has 0 aromatic heterocycles. The van der Waals surface area contributed by atoms with E-state index in [9.17, 15) is 14.4 Å². The van der Waals surface area contributed by atoms with Crippen molar-refractivity contribution in [2.45, 2.75) is 46.0 Å². The van der Waals surface area contributed by atoms with Gasteiger partial charge in [0.15, 0.2) is 0 Å². The minimum absolute atomic E-state index is 0.0569. The second-order valence-corrected chi connectivity index (χ2v) is 7.15. The van der Waals surface area contributed by atoms with Gasteiger partial charge in [-0.2, -0.15) is 0 Å². The molecule has 0 bridgehead atoms. The van der Waals surface area contributed by atoms with Crippen molar-refractivity contribution in [3.8, 4) is 11.5 Å². The summed E-state index contributed by atoms with van der Waals surface area (Å²) in [6.45, 7) is 4.85. The van der Waals surface area contributed by atoms with Crippen LogP contribution in [-0.2, 0) is 14.4 Å². The topological polar surface area (TPSA) is 84.9 Å². The van der Waals surface area contributed by atoms with E-state index in [1.807, 2.05) is 13.8 Å². The number of likely N-dealkylation sites (tertiary alicyclic amines) is 1. The molecule has 7 heteroatoms. The predicted molar refractivity (Wildman–Crippen MR) is 104 cm³/mol. The lowest BCUT2D eigenvalue weighted by molar-refractivity contribution is -0.140. The minimum Gasteiger partial charge on any atom is -0.494 e. The van der Waals surface area contributed by atoms with Crippen molar-refractivity contribution >= 4 is 23.4 Å². The summed E-state index contributed by atoms with van der Waals surface area (Å²) in [6, 6.07) is 5.25. The van der Waals surface area contributed by atoms with Crippen molar-refractivity contribution in [2.24, 2.45) is 11.8 Å². The summed E-state index contributed by atoms with van der Waals surface area (Å²) in [6.07, 6.45) is 3.59. The van der Waals surface area contributed by atoms with Crippen LogP contribution in [0.2, 0.25) is 0 Å². The van der Waals surface area contributed by atoms with Gasteiger partial charge in [0.1, 0.15) is 11.5 Å². The van der Waals surface area contributed by atoms with Gasteiger partial charge in [-0.1, -0.05) is 12.8 Å². The summed E-state index contributed by atoms with van der Waals surface area (Å²) in [5.74, 6) is 0.319. The van der Waals surface area contributed by atoms with Gasteiger partial charge in [-0.25, -0.2) is 0 Å². The fourth-order valence-electron chi connectivity index (χ4n) is 4.02. The predicted octanol–water partition coefficient (Wildman–Crippen LogP) is 2.99. The van der Waals surface area contributed by atoms with Gasteiger partial charge in [0, 0.05) is 19.0 Å². The molecule has 1 aliphatic heterocycles. The second-order valence-electron chi connectivity index (χ2n) is 7.15. The molecule has 0 unspecified atom stereocenters. The highest BCUT2D eigenvalue weighted by Gasteiger charge is 2.47. The van der Waals surface area contributed by atoms with Gasteiger partial charge in [-0.05, 0) is 38.8 Å². The van der Waals surface area contributed by atoms with Crippen LogP contribution in [0.5, 0.6) is 11.5 Å². The average molecular weight is 388 g/mol. The zero-order valence-electron chi connectivity index (χ0n) is 16.5. The lowest BCUT2D eigenvalue weighted by Gasteiger charge is -2.19. The van der Waals surface area contributed by atoms with Crippen LogP contribution >= 0.6 is 0 Å². The summed E-state index contributed by atoms with van der Waals surface area (Å²) in [5, 5.41) is 2.82. The highest BCUT2D eigenvalue weighted by Crippen LogP contribution is 2.38. The SMILES string of the molecule is CCOc1ccc(OCC)c(NC(=O)CCN2C(=O)[C@H]3CCCC[C@H]3C2=O)c1. The molecule has 28 heavy (non-hydrogen) atoms. The zero-order chi connectivity index (χ0) is 20.1. The molecule has 1 saturated heterocycles. The number of carbonyl (C=O) groups is 3. The fourth-order valence-corrected chi connectivity index (χ4v) is 4.02. The van der Waals surface area contributed by atoms with Gasteiger partial charge in [0.25, 0.3) is 0 Å². The molecule has 1 aliphatic carbocycles. The molecular weight excluding hydrogens is 360 g/mol. The standard InChI is InChI=1S/C21H28N2O5/c1-3-27-14-9-10-18(28-4-2)17(13-14)22-19(24)11-12-23-20(25)15-7-5-6-8-16(15)21(23)26/h9-10,13,15-16H,3-8,11-12H2,1-2H3,(H,22,24)/t15-,16+. The zero-order valence-corrected chi connectivity index (χ0v) is 16.5. The van der Waals surface area contributed by atoms with Gasteiger partial charge in [0.05, 0.1) is 30.7 Å². The van der Waals surface area contributed by atoms with Gasteiger partial charge in [-0.3, -0.25) is 19.3 Å². The van der Waals surface area contributed by atoms with Crippen LogP contribution in [0.3, 0.4) is 0 Å². The van der Waals surface area contributed by atoms with Gasteiger partial charge >= 0.3 is 0 Å². The quantitative estimate of drug-likeness (QED) is 0.692. The first-order valence-corrected chi connectivity index (χ1v) is 10.1. The average Bonchev–Trinajstić information content (AvgIpc) is 2.93. The summed E-state index contributed by atoms with van der Waals surface area (Å²) in [7, 11) is 0. The summed E-state index contributed by atoms with van der Waals surface area (Å²) in [5.41, 5.74) is 0.519. The molecule has 1 aromatic rings. The van der Waals surface area contributed by atoms with Gasteiger partial charge < -0.3 is 14.8 Å². The van der Waals surface area contributed by atoms with E-state index in [1.165, 1.54) is 4.90 Å². The Hall–Kier alpha value is -2.57. The molecule has 2 aliphatic rings. The molecule has 2 atom stereocenters. The number of nitrogens with zero attached hydrogens (tertiary/aromatic N) is 1. The molecule has 3 rings (SSSR count). The van der Waals surface area contributed by atoms with Crippen LogP contribution in [0.15, 0.2) is 18.2 Å². The minimum atomic E-state index is -0.273. The van der Waals surface area contributed by atoms with Crippen LogP contribution in [-0.4, -0.2) is 42.4 Å². The van der Waals surface area contributed by atoms with Crippen LogP contribution < -0.4 is 14.8 Å². The Balaban J connectivity index is 1.62. The van der Waals surface area contributed by atoms with Gasteiger partial charge in [0.2, 0.25) is 17.7 Å². The largest absolute Gasteiger partial charge is 0.494 e. The molecule has 0 radical (unpaired) electrons. The number of ether oxygens (including phenoxy) is 2. The number of benzene rings is 1. The maximum atomic E-state index is 12.5. The molecule has 7 nitrogen and oxygen atoms in total. The van der Waals surface area contributed by atoms with E-state index in [-0.39, 0.29) is 42.5 Å². The van der Waals surface area contributed by atoms with Crippen molar-refractivity contribution in [2.75, 3.05) is 25.1 Å². The number of nitrogens with one attached hydrogen (secondary N) is 1. The molecule has 1 heterocycles. The third kappa shape index (κ3) is 4.29. The van der Waals surface area contributed by atoms with Crippen LogP contribution in [0.1, 0.15) is 46.0 Å². The maximum Gasteiger partial charge on any atom is 0.233 e. The van der Waals surface area contributed by atoms with E-state index in [1.54, 1.807) is 18.2 Å². The van der Waals surface area contributed by atoms with E-state index in [2.05, 4.69) is 5.32 Å². The Kier molecular flexibility index (Phi) is 6.54. The van der Waals surface area contributed by atoms with E-state index in [0.29, 0.717) is 30.4 Å². The number of amides is 3. The van der Waals surface area contributed by atoms with Gasteiger partial charge in [-0.15, -0.1) is 0 Å². The second kappa shape index (κ2) is 9.08. The van der Waals surface area contributed by atoms with Crippen molar-refractivity contribution in [1.29, 1.82) is 0 Å². The summed E-state index contributed by atoms with van der Waals surface area (Å²) < 4.78 is 11.0. The molecule has 0 spiro atoms. The highest BCUT2D eigenvalue weighted by molar-refractivity contribution is 6.05. The molecule has 1 N–H and O–H groups in total. The van der Waals surface area contributed by atoms with Crippen LogP contribution in [0, 0.1) is 11.8 Å². The third-order valence-electron chi connectivity index (χ3n) is 5.33. The Morgan fingerprint density at radius 2 is 1.71 bits per heavy atom. The highest BCUT2D eigenvalue weighted by atomic mass is 16.5. The van der Waals surface area contributed by atoms with E-state index < -0.39 is 0 Å². The van der Waals surface area contributed by atoms with Crippen LogP contribution in [0.4, 0.5) is 5.69 Å². The molecule has 2 fully saturated rings. The Bertz CT molecular complexity index is 724. The monoisotopic (exact) mass is 388 g/mol. The molecule has 1 aromatic carbocycles. The molecule has 152 valence electrons. The summed E-state index contributed by atoms with van der Waals surface area (Å²) in [4.78, 5) is 38.8. The third-order valence-corrected chi connectivity index (χ3v) is 5.33. The number of hydrogen-bond donors (Lipinski definition) is 1. The van der Waals surface area contributed by atoms with Crippen molar-refractivity contribution in [1.82, 2.24) is 4.90 Å². The number of hydrogen-bond acceptors (Lipinski definition) is 5. The fraction of sp³-hybridized carbons (Fsp3) is 0.571. The van der Waals surface area contributed by atoms with E-state index in [0.717, 1.165) is 25.7 Å². The van der Waals surface area contributed by atoms with Crippen molar-refractivity contribution < 1.29 is 23.9 Å². The van der Waals surface area contributed by atoms with Crippen LogP contribution in [0.25, 0.3) is 0 Å². The number of rotatable bonds is 8. The Labute approximate surface area is 165 Å². The van der Waals surface area contributed by atoms with E-state index >= 15 is 0 Å². The van der Waals surface area contributed by atoms with E-state index in [4.69, 9.17) is 9.47 Å². The summed E-state index contributed by atoms with van der Waals surface area (Å²) >= 11 is 0. The lowest BCUT2D eigenvalue weighted by Crippen LogP contribution is -2.34. The van der Waals surface area contributed by atoms with Crippen molar-refractivity contribution in [3.05, 3.63) is 18.2 Å². The Morgan fingerprint density at radius 1 is 1.07 bits per heavy atom. The number of fused-ring (bicyclic) bond motifs is 1. The number of carbonyl (C=O) groups excluding carboxylic acids is 3. The van der Waals surface area contributed by atoms with Crippen molar-refractivity contribution in [3.63, 3.8) is 0 Å². The first-order chi connectivity index (χ1) is 13.5. The maximum absolute atomic E-state index is 12.5. The Morgan fingerprint density at radius 3 is 2.32 bits per heavy atom. The first kappa shape index (κ1) is 20.2. The molecule has 1 saturated carbocycles. The first-order valence-electron chi connectivity index (χ1n) is 10.1.